The van der Waals surface area contributed by atoms with Crippen molar-refractivity contribution in [3.05, 3.63) is 34.5 Å². The summed E-state index contributed by atoms with van der Waals surface area (Å²) >= 11 is 6.00. The number of aryl methyl sites for hydroxylation is 4. The third-order valence-electron chi connectivity index (χ3n) is 2.66. The van der Waals surface area contributed by atoms with Crippen LogP contribution < -0.4 is 0 Å². The third-order valence-corrected chi connectivity index (χ3v) is 2.93. The zero-order valence-corrected chi connectivity index (χ0v) is 11.2. The number of halogens is 1. The Morgan fingerprint density at radius 3 is 2.41 bits per heavy atom. The van der Waals surface area contributed by atoms with Crippen molar-refractivity contribution in [2.75, 3.05) is 0 Å². The zero-order chi connectivity index (χ0) is 12.6. The Hall–Kier alpha value is -1.42. The molecule has 17 heavy (non-hydrogen) atoms. The highest BCUT2D eigenvalue weighted by Gasteiger charge is 2.13. The molecule has 0 unspecified atom stereocenters. The summed E-state index contributed by atoms with van der Waals surface area (Å²) in [7, 11) is 0. The number of hydrogen-bond donors (Lipinski definition) is 0. The third kappa shape index (κ3) is 2.17. The van der Waals surface area contributed by atoms with E-state index in [4.69, 9.17) is 11.6 Å². The number of pyridine rings is 1. The number of aromatic nitrogens is 4. The van der Waals surface area contributed by atoms with Crippen LogP contribution in [0.2, 0.25) is 0 Å². The van der Waals surface area contributed by atoms with E-state index in [-0.39, 0.29) is 0 Å². The summed E-state index contributed by atoms with van der Waals surface area (Å²) in [5.41, 5.74) is 3.10. The summed E-state index contributed by atoms with van der Waals surface area (Å²) in [5, 5.41) is 4.36. The van der Waals surface area contributed by atoms with Crippen LogP contribution in [0.5, 0.6) is 0 Å². The van der Waals surface area contributed by atoms with E-state index >= 15 is 0 Å². The predicted molar refractivity (Wildman–Crippen MR) is 67.7 cm³/mol. The van der Waals surface area contributed by atoms with Crippen LogP contribution in [0.25, 0.3) is 5.82 Å². The number of nitrogens with zero attached hydrogens (tertiary/aromatic N) is 4. The number of hydrogen-bond acceptors (Lipinski definition) is 3. The van der Waals surface area contributed by atoms with E-state index in [2.05, 4.69) is 15.1 Å². The largest absolute Gasteiger partial charge is 0.234 e. The molecule has 2 heterocycles. The van der Waals surface area contributed by atoms with E-state index < -0.39 is 0 Å². The molecule has 2 rings (SSSR count). The van der Waals surface area contributed by atoms with E-state index in [1.165, 1.54) is 0 Å². The maximum Gasteiger partial charge on any atom is 0.160 e. The summed E-state index contributed by atoms with van der Waals surface area (Å²) in [6.45, 7) is 7.78. The van der Waals surface area contributed by atoms with Gasteiger partial charge in [0.2, 0.25) is 0 Å². The molecule has 0 atom stereocenters. The Labute approximate surface area is 106 Å². The van der Waals surface area contributed by atoms with Gasteiger partial charge in [-0.25, -0.2) is 9.97 Å². The molecular formula is C12H15ClN4. The Balaban J connectivity index is 2.69. The van der Waals surface area contributed by atoms with Crippen LogP contribution in [0.15, 0.2) is 6.07 Å². The first-order chi connectivity index (χ1) is 8.02. The molecule has 0 fully saturated rings. The molecule has 0 aromatic carbocycles. The van der Waals surface area contributed by atoms with Crippen LogP contribution >= 0.6 is 11.6 Å². The number of alkyl halides is 1. The van der Waals surface area contributed by atoms with Gasteiger partial charge in [0.1, 0.15) is 11.6 Å². The molecule has 0 amide bonds. The summed E-state index contributed by atoms with van der Waals surface area (Å²) in [6, 6.07) is 2.03. The summed E-state index contributed by atoms with van der Waals surface area (Å²) in [6.07, 6.45) is 0. The average molecular weight is 251 g/mol. The first-order valence-electron chi connectivity index (χ1n) is 5.46. The molecule has 2 aromatic heterocycles. The van der Waals surface area contributed by atoms with Crippen molar-refractivity contribution in [1.29, 1.82) is 0 Å². The lowest BCUT2D eigenvalue weighted by Gasteiger charge is -2.11. The second-order valence-corrected chi connectivity index (χ2v) is 4.40. The van der Waals surface area contributed by atoms with E-state index in [0.29, 0.717) is 5.88 Å². The Morgan fingerprint density at radius 2 is 1.88 bits per heavy atom. The minimum atomic E-state index is 0.423. The van der Waals surface area contributed by atoms with E-state index in [1.807, 2.05) is 33.8 Å². The Kier molecular flexibility index (Phi) is 3.15. The lowest BCUT2D eigenvalue weighted by molar-refractivity contribution is 0.788. The van der Waals surface area contributed by atoms with Gasteiger partial charge in [-0.3, -0.25) is 0 Å². The van der Waals surface area contributed by atoms with Gasteiger partial charge in [-0.15, -0.1) is 16.7 Å². The maximum absolute atomic E-state index is 6.00. The Morgan fingerprint density at radius 1 is 1.18 bits per heavy atom. The zero-order valence-electron chi connectivity index (χ0n) is 10.5. The lowest BCUT2D eigenvalue weighted by atomic mass is 10.1. The molecule has 2 aromatic rings. The van der Waals surface area contributed by atoms with Crippen LogP contribution in [0.1, 0.15) is 28.5 Å². The smallest absolute Gasteiger partial charge is 0.160 e. The topological polar surface area (TPSA) is 43.6 Å². The second-order valence-electron chi connectivity index (χ2n) is 4.13. The fraction of sp³-hybridized carbons (Fsp3) is 0.417. The van der Waals surface area contributed by atoms with Crippen LogP contribution in [0.3, 0.4) is 0 Å². The van der Waals surface area contributed by atoms with Gasteiger partial charge in [0.25, 0.3) is 0 Å². The standard InChI is InChI=1S/C12H15ClN4/c1-7-5-8(2)14-12(11(7)6-13)17-10(4)15-9(3)16-17/h5H,6H2,1-4H3. The molecule has 0 N–H and O–H groups in total. The predicted octanol–water partition coefficient (Wildman–Crippen LogP) is 2.63. The van der Waals surface area contributed by atoms with Crippen molar-refractivity contribution in [2.45, 2.75) is 33.6 Å². The summed E-state index contributed by atoms with van der Waals surface area (Å²) < 4.78 is 1.76. The quantitative estimate of drug-likeness (QED) is 0.770. The van der Waals surface area contributed by atoms with Crippen molar-refractivity contribution in [1.82, 2.24) is 19.7 Å². The van der Waals surface area contributed by atoms with Crippen LogP contribution in [0.4, 0.5) is 0 Å². The maximum atomic E-state index is 6.00. The average Bonchev–Trinajstić information content (AvgIpc) is 2.56. The van der Waals surface area contributed by atoms with Gasteiger partial charge in [0.15, 0.2) is 5.82 Å². The molecule has 0 aliphatic carbocycles. The first-order valence-corrected chi connectivity index (χ1v) is 6.00. The van der Waals surface area contributed by atoms with Gasteiger partial charge < -0.3 is 0 Å². The molecule has 0 aliphatic heterocycles. The van der Waals surface area contributed by atoms with Crippen molar-refractivity contribution >= 4 is 11.6 Å². The van der Waals surface area contributed by atoms with Gasteiger partial charge in [-0.2, -0.15) is 4.68 Å². The molecule has 90 valence electrons. The molecule has 0 aliphatic rings. The minimum absolute atomic E-state index is 0.423. The number of rotatable bonds is 2. The SMILES string of the molecule is Cc1cc(C)c(CCl)c(-n2nc(C)nc2C)n1. The monoisotopic (exact) mass is 250 g/mol. The molecule has 0 bridgehead atoms. The summed E-state index contributed by atoms with van der Waals surface area (Å²) in [5.74, 6) is 2.78. The van der Waals surface area contributed by atoms with Gasteiger partial charge in [-0.1, -0.05) is 0 Å². The van der Waals surface area contributed by atoms with E-state index in [0.717, 1.165) is 34.3 Å². The fourth-order valence-electron chi connectivity index (χ4n) is 1.91. The van der Waals surface area contributed by atoms with Gasteiger partial charge in [0, 0.05) is 11.3 Å². The van der Waals surface area contributed by atoms with Crippen molar-refractivity contribution in [2.24, 2.45) is 0 Å². The Bertz CT molecular complexity index is 560. The van der Waals surface area contributed by atoms with E-state index in [9.17, 15) is 0 Å². The van der Waals surface area contributed by atoms with Crippen LogP contribution in [-0.2, 0) is 5.88 Å². The van der Waals surface area contributed by atoms with Crippen LogP contribution in [-0.4, -0.2) is 19.7 Å². The highest BCUT2D eigenvalue weighted by molar-refractivity contribution is 6.17. The molecule has 4 nitrogen and oxygen atoms in total. The molecule has 0 saturated carbocycles. The van der Waals surface area contributed by atoms with Gasteiger partial charge in [0.05, 0.1) is 5.88 Å². The lowest BCUT2D eigenvalue weighted by Crippen LogP contribution is -2.08. The highest BCUT2D eigenvalue weighted by Crippen LogP contribution is 2.20. The summed E-state index contributed by atoms with van der Waals surface area (Å²) in [4.78, 5) is 8.82. The first kappa shape index (κ1) is 12.0. The normalized spacial score (nSPS) is 10.9. The highest BCUT2D eigenvalue weighted by atomic mass is 35.5. The van der Waals surface area contributed by atoms with E-state index in [1.54, 1.807) is 4.68 Å². The van der Waals surface area contributed by atoms with Crippen molar-refractivity contribution < 1.29 is 0 Å². The van der Waals surface area contributed by atoms with Gasteiger partial charge in [-0.05, 0) is 39.3 Å². The molecule has 0 radical (unpaired) electrons. The fourth-order valence-corrected chi connectivity index (χ4v) is 2.24. The minimum Gasteiger partial charge on any atom is -0.234 e. The molecule has 5 heteroatoms. The molecule has 0 spiro atoms. The van der Waals surface area contributed by atoms with Crippen molar-refractivity contribution in [3.8, 4) is 5.82 Å². The van der Waals surface area contributed by atoms with Crippen LogP contribution in [0, 0.1) is 27.7 Å². The molecule has 0 saturated heterocycles. The second kappa shape index (κ2) is 4.45. The van der Waals surface area contributed by atoms with Gasteiger partial charge >= 0.3 is 0 Å². The molecular weight excluding hydrogens is 236 g/mol. The van der Waals surface area contributed by atoms with Crippen molar-refractivity contribution in [3.63, 3.8) is 0 Å².